The predicted octanol–water partition coefficient (Wildman–Crippen LogP) is 1.75. The van der Waals surface area contributed by atoms with Crippen LogP contribution in [0.1, 0.15) is 17.7 Å². The van der Waals surface area contributed by atoms with E-state index >= 15 is 0 Å². The second kappa shape index (κ2) is 7.45. The standard InChI is InChI=1S/C17H18N6O/c1-13-5-7-14(8-6-13)17-20-22-23(21-17)11-9-16(24)19-12-15-4-2-3-10-18-15/h2-8,10H,9,11-12H2,1H3,(H,19,24). The summed E-state index contributed by atoms with van der Waals surface area (Å²) < 4.78 is 0. The molecule has 0 saturated heterocycles. The Labute approximate surface area is 139 Å². The minimum Gasteiger partial charge on any atom is -0.350 e. The van der Waals surface area contributed by atoms with Crippen molar-refractivity contribution < 1.29 is 4.79 Å². The Balaban J connectivity index is 1.50. The zero-order valence-corrected chi connectivity index (χ0v) is 13.4. The highest BCUT2D eigenvalue weighted by atomic mass is 16.1. The van der Waals surface area contributed by atoms with Crippen LogP contribution in [0.5, 0.6) is 0 Å². The molecule has 2 heterocycles. The molecule has 1 amide bonds. The van der Waals surface area contributed by atoms with Gasteiger partial charge < -0.3 is 5.32 Å². The zero-order chi connectivity index (χ0) is 16.8. The molecule has 0 atom stereocenters. The second-order valence-electron chi connectivity index (χ2n) is 5.42. The highest BCUT2D eigenvalue weighted by molar-refractivity contribution is 5.75. The summed E-state index contributed by atoms with van der Waals surface area (Å²) in [7, 11) is 0. The number of carbonyl (C=O) groups excluding carboxylic acids is 1. The molecule has 0 saturated carbocycles. The fourth-order valence-corrected chi connectivity index (χ4v) is 2.14. The van der Waals surface area contributed by atoms with Gasteiger partial charge in [-0.3, -0.25) is 9.78 Å². The van der Waals surface area contributed by atoms with Crippen LogP contribution in [0.15, 0.2) is 48.7 Å². The maximum absolute atomic E-state index is 11.9. The monoisotopic (exact) mass is 322 g/mol. The molecule has 3 rings (SSSR count). The van der Waals surface area contributed by atoms with Crippen molar-refractivity contribution in [2.24, 2.45) is 0 Å². The summed E-state index contributed by atoms with van der Waals surface area (Å²) in [5.41, 5.74) is 2.91. The first kappa shape index (κ1) is 15.8. The van der Waals surface area contributed by atoms with Gasteiger partial charge in [-0.25, -0.2) is 0 Å². The molecule has 1 aromatic carbocycles. The van der Waals surface area contributed by atoms with E-state index in [1.165, 1.54) is 10.4 Å². The van der Waals surface area contributed by atoms with Gasteiger partial charge in [0.25, 0.3) is 0 Å². The van der Waals surface area contributed by atoms with Gasteiger partial charge in [-0.15, -0.1) is 10.2 Å². The smallest absolute Gasteiger partial charge is 0.222 e. The lowest BCUT2D eigenvalue weighted by molar-refractivity contribution is -0.121. The molecule has 0 unspecified atom stereocenters. The van der Waals surface area contributed by atoms with E-state index in [1.54, 1.807) is 6.20 Å². The first-order valence-corrected chi connectivity index (χ1v) is 7.72. The third kappa shape index (κ3) is 4.22. The van der Waals surface area contributed by atoms with Crippen molar-refractivity contribution in [3.8, 4) is 11.4 Å². The zero-order valence-electron chi connectivity index (χ0n) is 13.4. The maximum atomic E-state index is 11.9. The van der Waals surface area contributed by atoms with Gasteiger partial charge in [0, 0.05) is 18.2 Å². The summed E-state index contributed by atoms with van der Waals surface area (Å²) in [6, 6.07) is 13.5. The molecule has 0 spiro atoms. The third-order valence-electron chi connectivity index (χ3n) is 3.49. The fourth-order valence-electron chi connectivity index (χ4n) is 2.14. The van der Waals surface area contributed by atoms with E-state index < -0.39 is 0 Å². The Morgan fingerprint density at radius 2 is 2.00 bits per heavy atom. The van der Waals surface area contributed by atoms with Crippen molar-refractivity contribution >= 4 is 5.91 Å². The number of aromatic nitrogens is 5. The maximum Gasteiger partial charge on any atom is 0.222 e. The molecule has 0 aliphatic carbocycles. The summed E-state index contributed by atoms with van der Waals surface area (Å²) in [5, 5.41) is 15.1. The van der Waals surface area contributed by atoms with E-state index in [0.717, 1.165) is 11.3 Å². The molecule has 3 aromatic rings. The van der Waals surface area contributed by atoms with Gasteiger partial charge in [-0.05, 0) is 24.3 Å². The lowest BCUT2D eigenvalue weighted by Gasteiger charge is -2.04. The van der Waals surface area contributed by atoms with Crippen LogP contribution in [0, 0.1) is 6.92 Å². The lowest BCUT2D eigenvalue weighted by Crippen LogP contribution is -2.24. The van der Waals surface area contributed by atoms with Crippen molar-refractivity contribution in [2.75, 3.05) is 0 Å². The van der Waals surface area contributed by atoms with Gasteiger partial charge >= 0.3 is 0 Å². The number of carbonyl (C=O) groups is 1. The first-order valence-electron chi connectivity index (χ1n) is 7.72. The van der Waals surface area contributed by atoms with Crippen LogP contribution < -0.4 is 5.32 Å². The molecule has 2 aromatic heterocycles. The lowest BCUT2D eigenvalue weighted by atomic mass is 10.1. The van der Waals surface area contributed by atoms with Gasteiger partial charge in [-0.1, -0.05) is 35.9 Å². The topological polar surface area (TPSA) is 85.6 Å². The summed E-state index contributed by atoms with van der Waals surface area (Å²) in [6.07, 6.45) is 1.99. The SMILES string of the molecule is Cc1ccc(-c2nnn(CCC(=O)NCc3ccccn3)n2)cc1. The first-order chi connectivity index (χ1) is 11.7. The quantitative estimate of drug-likeness (QED) is 0.747. The number of benzene rings is 1. The number of nitrogens with one attached hydrogen (secondary N) is 1. The highest BCUT2D eigenvalue weighted by Gasteiger charge is 2.08. The van der Waals surface area contributed by atoms with Crippen LogP contribution in [0.4, 0.5) is 0 Å². The van der Waals surface area contributed by atoms with Crippen molar-refractivity contribution in [1.82, 2.24) is 30.5 Å². The molecule has 0 radical (unpaired) electrons. The highest BCUT2D eigenvalue weighted by Crippen LogP contribution is 2.13. The molecule has 0 fully saturated rings. The molecule has 0 aliphatic heterocycles. The average molecular weight is 322 g/mol. The molecule has 0 aliphatic rings. The molecule has 1 N–H and O–H groups in total. The van der Waals surface area contributed by atoms with Gasteiger partial charge in [0.1, 0.15) is 0 Å². The van der Waals surface area contributed by atoms with Gasteiger partial charge in [0.15, 0.2) is 0 Å². The number of aryl methyl sites for hydroxylation is 2. The molecule has 122 valence electrons. The van der Waals surface area contributed by atoms with Crippen LogP contribution in [-0.4, -0.2) is 31.1 Å². The van der Waals surface area contributed by atoms with E-state index in [0.29, 0.717) is 18.9 Å². The Morgan fingerprint density at radius 3 is 2.75 bits per heavy atom. The van der Waals surface area contributed by atoms with Crippen molar-refractivity contribution in [3.05, 3.63) is 59.9 Å². The van der Waals surface area contributed by atoms with Crippen molar-refractivity contribution in [2.45, 2.75) is 26.4 Å². The minimum absolute atomic E-state index is 0.0742. The number of amides is 1. The van der Waals surface area contributed by atoms with Gasteiger partial charge in [0.05, 0.1) is 18.8 Å². The number of nitrogens with zero attached hydrogens (tertiary/aromatic N) is 5. The number of rotatable bonds is 6. The van der Waals surface area contributed by atoms with E-state index in [4.69, 9.17) is 0 Å². The summed E-state index contributed by atoms with van der Waals surface area (Å²) in [4.78, 5) is 17.5. The molecule has 24 heavy (non-hydrogen) atoms. The van der Waals surface area contributed by atoms with Crippen LogP contribution in [0.25, 0.3) is 11.4 Å². The van der Waals surface area contributed by atoms with Gasteiger partial charge in [-0.2, -0.15) is 4.80 Å². The Morgan fingerprint density at radius 1 is 1.17 bits per heavy atom. The van der Waals surface area contributed by atoms with Crippen LogP contribution in [0.2, 0.25) is 0 Å². The van der Waals surface area contributed by atoms with Gasteiger partial charge in [0.2, 0.25) is 11.7 Å². The van der Waals surface area contributed by atoms with Crippen LogP contribution >= 0.6 is 0 Å². The predicted molar refractivity (Wildman–Crippen MR) is 88.7 cm³/mol. The number of hydrogen-bond donors (Lipinski definition) is 1. The number of tetrazole rings is 1. The summed E-state index contributed by atoms with van der Waals surface area (Å²) in [5.74, 6) is 0.485. The van der Waals surface area contributed by atoms with Crippen LogP contribution in [0.3, 0.4) is 0 Å². The second-order valence-corrected chi connectivity index (χ2v) is 5.42. The van der Waals surface area contributed by atoms with E-state index in [-0.39, 0.29) is 12.3 Å². The molecule has 0 bridgehead atoms. The Hall–Kier alpha value is -3.09. The molecule has 7 nitrogen and oxygen atoms in total. The Kier molecular flexibility index (Phi) is 4.90. The van der Waals surface area contributed by atoms with Crippen LogP contribution in [-0.2, 0) is 17.9 Å². The normalized spacial score (nSPS) is 10.5. The van der Waals surface area contributed by atoms with E-state index in [9.17, 15) is 4.79 Å². The third-order valence-corrected chi connectivity index (χ3v) is 3.49. The Bertz CT molecular complexity index is 797. The number of hydrogen-bond acceptors (Lipinski definition) is 5. The fraction of sp³-hybridized carbons (Fsp3) is 0.235. The molecule has 7 heteroatoms. The average Bonchev–Trinajstić information content (AvgIpc) is 3.09. The minimum atomic E-state index is -0.0742. The number of pyridine rings is 1. The van der Waals surface area contributed by atoms with Crippen molar-refractivity contribution in [1.29, 1.82) is 0 Å². The van der Waals surface area contributed by atoms with E-state index in [1.807, 2.05) is 49.4 Å². The van der Waals surface area contributed by atoms with Crippen molar-refractivity contribution in [3.63, 3.8) is 0 Å². The summed E-state index contributed by atoms with van der Waals surface area (Å²) in [6.45, 7) is 2.82. The largest absolute Gasteiger partial charge is 0.350 e. The molecular weight excluding hydrogens is 304 g/mol. The molecular formula is C17H18N6O. The van der Waals surface area contributed by atoms with E-state index in [2.05, 4.69) is 25.7 Å². The summed E-state index contributed by atoms with van der Waals surface area (Å²) >= 11 is 0.